The van der Waals surface area contributed by atoms with E-state index in [0.29, 0.717) is 37.6 Å². The Labute approximate surface area is 325 Å². The second-order valence-corrected chi connectivity index (χ2v) is 14.8. The highest BCUT2D eigenvalue weighted by Crippen LogP contribution is 2.43. The lowest BCUT2D eigenvalue weighted by atomic mass is 9.97. The Hall–Kier alpha value is -3.36. The molecule has 0 saturated heterocycles. The van der Waals surface area contributed by atoms with Gasteiger partial charge in [-0.15, -0.1) is 0 Å². The predicted molar refractivity (Wildman–Crippen MR) is 220 cm³/mol. The smallest absolute Gasteiger partial charge is 0.306 e. The highest BCUT2D eigenvalue weighted by atomic mass is 16.6. The van der Waals surface area contributed by atoms with Crippen molar-refractivity contribution >= 4 is 33.5 Å². The molecule has 2 atom stereocenters. The standard InChI is InChI=1S/C46H70O8/c1-7-11-15-17-19-27-49-31-37(53-43(47)21-13-9-3)33-51-45-39-25-23-36(6)30-42(39)46(40-26-24-35(5)29-41(40)45)52-34-38(54-44(48)22-14-10-4)32-50-28-20-18-16-12-8-2/h23-26,29-30,37-38H,7-22,27-28,31-34H2,1-6H3. The second kappa shape index (κ2) is 26.4. The molecule has 0 bridgehead atoms. The maximum absolute atomic E-state index is 12.8. The number of hydrogen-bond donors (Lipinski definition) is 0. The quantitative estimate of drug-likeness (QED) is 0.0378. The van der Waals surface area contributed by atoms with Crippen LogP contribution in [0.15, 0.2) is 36.4 Å². The molecule has 0 spiro atoms. The van der Waals surface area contributed by atoms with E-state index in [0.717, 1.165) is 84.0 Å². The Bertz CT molecular complexity index is 1400. The Balaban J connectivity index is 1.88. The van der Waals surface area contributed by atoms with Crippen LogP contribution < -0.4 is 9.47 Å². The molecule has 302 valence electrons. The molecule has 3 rings (SSSR count). The van der Waals surface area contributed by atoms with E-state index in [1.807, 2.05) is 0 Å². The number of carbonyl (C=O) groups excluding carboxylic acids is 2. The van der Waals surface area contributed by atoms with Gasteiger partial charge < -0.3 is 28.4 Å². The van der Waals surface area contributed by atoms with Gasteiger partial charge in [-0.05, 0) is 51.7 Å². The molecule has 3 aromatic rings. The number of aryl methyl sites for hydroxylation is 2. The maximum Gasteiger partial charge on any atom is 0.306 e. The fourth-order valence-electron chi connectivity index (χ4n) is 6.45. The van der Waals surface area contributed by atoms with Crippen molar-refractivity contribution in [3.63, 3.8) is 0 Å². The van der Waals surface area contributed by atoms with Gasteiger partial charge in [0, 0.05) is 47.6 Å². The summed E-state index contributed by atoms with van der Waals surface area (Å²) < 4.78 is 37.3. The van der Waals surface area contributed by atoms with Crippen LogP contribution in [0.3, 0.4) is 0 Å². The molecule has 0 aromatic heterocycles. The molecule has 0 amide bonds. The van der Waals surface area contributed by atoms with Gasteiger partial charge in [-0.2, -0.15) is 0 Å². The van der Waals surface area contributed by atoms with E-state index in [1.165, 1.54) is 38.5 Å². The van der Waals surface area contributed by atoms with Gasteiger partial charge in [0.05, 0.1) is 13.2 Å². The first-order valence-corrected chi connectivity index (χ1v) is 21.1. The van der Waals surface area contributed by atoms with Gasteiger partial charge in [0.1, 0.15) is 24.7 Å². The monoisotopic (exact) mass is 751 g/mol. The van der Waals surface area contributed by atoms with Gasteiger partial charge in [0.25, 0.3) is 0 Å². The zero-order chi connectivity index (χ0) is 39.0. The lowest BCUT2D eigenvalue weighted by Gasteiger charge is -2.23. The summed E-state index contributed by atoms with van der Waals surface area (Å²) in [6, 6.07) is 12.5. The molecule has 2 unspecified atom stereocenters. The van der Waals surface area contributed by atoms with Crippen molar-refractivity contribution in [1.29, 1.82) is 0 Å². The summed E-state index contributed by atoms with van der Waals surface area (Å²) in [5, 5.41) is 3.57. The molecule has 0 aliphatic carbocycles. The van der Waals surface area contributed by atoms with Crippen molar-refractivity contribution in [2.75, 3.05) is 39.6 Å². The molecule has 3 aromatic carbocycles. The number of benzene rings is 3. The number of fused-ring (bicyclic) bond motifs is 2. The fraction of sp³-hybridized carbons (Fsp3) is 0.652. The minimum absolute atomic E-state index is 0.158. The number of hydrogen-bond acceptors (Lipinski definition) is 8. The van der Waals surface area contributed by atoms with Crippen LogP contribution in [-0.4, -0.2) is 63.8 Å². The summed E-state index contributed by atoms with van der Waals surface area (Å²) in [5.41, 5.74) is 2.16. The fourth-order valence-corrected chi connectivity index (χ4v) is 6.45. The summed E-state index contributed by atoms with van der Waals surface area (Å²) in [6.07, 6.45) is 14.6. The molecule has 0 heterocycles. The van der Waals surface area contributed by atoms with Crippen LogP contribution in [0.1, 0.15) is 142 Å². The molecule has 0 aliphatic heterocycles. The van der Waals surface area contributed by atoms with Crippen LogP contribution in [0, 0.1) is 13.8 Å². The van der Waals surface area contributed by atoms with Gasteiger partial charge in [0.2, 0.25) is 0 Å². The Morgan fingerprint density at radius 3 is 1.26 bits per heavy atom. The van der Waals surface area contributed by atoms with Crippen molar-refractivity contribution in [1.82, 2.24) is 0 Å². The topological polar surface area (TPSA) is 89.5 Å². The van der Waals surface area contributed by atoms with Gasteiger partial charge >= 0.3 is 11.9 Å². The number of carbonyl (C=O) groups is 2. The third-order valence-corrected chi connectivity index (χ3v) is 9.61. The summed E-state index contributed by atoms with van der Waals surface area (Å²) in [4.78, 5) is 25.5. The highest BCUT2D eigenvalue weighted by Gasteiger charge is 2.23. The van der Waals surface area contributed by atoms with Crippen LogP contribution >= 0.6 is 0 Å². The van der Waals surface area contributed by atoms with E-state index in [2.05, 4.69) is 77.9 Å². The summed E-state index contributed by atoms with van der Waals surface area (Å²) in [6.45, 7) is 14.8. The summed E-state index contributed by atoms with van der Waals surface area (Å²) >= 11 is 0. The molecule has 54 heavy (non-hydrogen) atoms. The van der Waals surface area contributed by atoms with Crippen molar-refractivity contribution in [2.24, 2.45) is 0 Å². The van der Waals surface area contributed by atoms with Gasteiger partial charge in [-0.25, -0.2) is 0 Å². The van der Waals surface area contributed by atoms with Gasteiger partial charge in [-0.1, -0.05) is 127 Å². The lowest BCUT2D eigenvalue weighted by molar-refractivity contribution is -0.155. The number of ether oxygens (including phenoxy) is 6. The number of unbranched alkanes of at least 4 members (excludes halogenated alkanes) is 10. The molecule has 0 N–H and O–H groups in total. The average Bonchev–Trinajstić information content (AvgIpc) is 3.16. The summed E-state index contributed by atoms with van der Waals surface area (Å²) in [7, 11) is 0. The molecule has 0 aliphatic rings. The van der Waals surface area contributed by atoms with E-state index < -0.39 is 12.2 Å². The predicted octanol–water partition coefficient (Wildman–Crippen LogP) is 11.5. The zero-order valence-electron chi connectivity index (χ0n) is 34.4. The van der Waals surface area contributed by atoms with Gasteiger partial charge in [0.15, 0.2) is 12.2 Å². The van der Waals surface area contributed by atoms with E-state index in [9.17, 15) is 9.59 Å². The first kappa shape index (κ1) is 45.0. The summed E-state index contributed by atoms with van der Waals surface area (Å²) in [5.74, 6) is 0.957. The Morgan fingerprint density at radius 1 is 0.481 bits per heavy atom. The van der Waals surface area contributed by atoms with Crippen molar-refractivity contribution in [3.05, 3.63) is 47.5 Å². The minimum atomic E-state index is -0.545. The molecule has 8 nitrogen and oxygen atoms in total. The normalized spacial score (nSPS) is 12.6. The maximum atomic E-state index is 12.8. The molecule has 0 saturated carbocycles. The second-order valence-electron chi connectivity index (χ2n) is 14.8. The molecular formula is C46H70O8. The lowest BCUT2D eigenvalue weighted by Crippen LogP contribution is -2.30. The minimum Gasteiger partial charge on any atom is -0.488 e. The number of rotatable bonds is 30. The zero-order valence-corrected chi connectivity index (χ0v) is 34.4. The molecule has 0 radical (unpaired) electrons. The van der Waals surface area contributed by atoms with E-state index in [1.54, 1.807) is 0 Å². The first-order chi connectivity index (χ1) is 26.3. The Kier molecular flexibility index (Phi) is 22.1. The largest absolute Gasteiger partial charge is 0.488 e. The SMILES string of the molecule is CCCCCCCOCC(COc1c2ccc(C)cc2c(OCC(COCCCCCCC)OC(=O)CCCC)c2ccc(C)cc12)OC(=O)CCCC. The third-order valence-electron chi connectivity index (χ3n) is 9.61. The molecular weight excluding hydrogens is 680 g/mol. The molecule has 8 heteroatoms. The van der Waals surface area contributed by atoms with Crippen LogP contribution in [0.4, 0.5) is 0 Å². The van der Waals surface area contributed by atoms with E-state index >= 15 is 0 Å². The van der Waals surface area contributed by atoms with E-state index in [-0.39, 0.29) is 38.4 Å². The van der Waals surface area contributed by atoms with Gasteiger partial charge in [-0.3, -0.25) is 9.59 Å². The number of esters is 2. The highest BCUT2D eigenvalue weighted by molar-refractivity contribution is 6.11. The van der Waals surface area contributed by atoms with Crippen molar-refractivity contribution < 1.29 is 38.0 Å². The van der Waals surface area contributed by atoms with E-state index in [4.69, 9.17) is 28.4 Å². The van der Waals surface area contributed by atoms with Crippen LogP contribution in [-0.2, 0) is 28.5 Å². The van der Waals surface area contributed by atoms with Crippen LogP contribution in [0.2, 0.25) is 0 Å². The molecule has 0 fully saturated rings. The van der Waals surface area contributed by atoms with Crippen LogP contribution in [0.5, 0.6) is 11.5 Å². The average molecular weight is 751 g/mol. The Morgan fingerprint density at radius 2 is 0.870 bits per heavy atom. The van der Waals surface area contributed by atoms with Crippen molar-refractivity contribution in [3.8, 4) is 11.5 Å². The van der Waals surface area contributed by atoms with Crippen molar-refractivity contribution in [2.45, 2.75) is 156 Å². The third kappa shape index (κ3) is 16.2. The van der Waals surface area contributed by atoms with Crippen LogP contribution in [0.25, 0.3) is 21.5 Å². The first-order valence-electron chi connectivity index (χ1n) is 21.1.